The molecule has 0 aliphatic carbocycles. The molecule has 2 rings (SSSR count). The molecule has 1 fully saturated rings. The topological polar surface area (TPSA) is 84.7 Å². The quantitative estimate of drug-likeness (QED) is 0.762. The Kier molecular flexibility index (Phi) is 3.86. The lowest BCUT2D eigenvalue weighted by Gasteiger charge is -2.27. The Hall–Kier alpha value is -1.15. The van der Waals surface area contributed by atoms with E-state index in [2.05, 4.69) is 4.83 Å². The molecule has 0 atom stereocenters. The molecule has 0 saturated carbocycles. The van der Waals surface area contributed by atoms with E-state index in [1.54, 1.807) is 24.1 Å². The van der Waals surface area contributed by atoms with E-state index in [0.717, 1.165) is 0 Å². The number of nitrogens with zero attached hydrogens (tertiary/aromatic N) is 1. The van der Waals surface area contributed by atoms with Crippen molar-refractivity contribution >= 4 is 15.7 Å². The highest BCUT2D eigenvalue weighted by Gasteiger charge is 2.21. The molecule has 0 aromatic heterocycles. The van der Waals surface area contributed by atoms with Crippen molar-refractivity contribution < 1.29 is 13.2 Å². The number of hydrogen-bond acceptors (Lipinski definition) is 5. The largest absolute Gasteiger partial charge is 0.399 e. The van der Waals surface area contributed by atoms with E-state index in [1.165, 1.54) is 6.07 Å². The molecule has 1 aromatic carbocycles. The fraction of sp³-hybridized carbons (Fsp3) is 0.455. The molecule has 3 N–H and O–H groups in total. The van der Waals surface area contributed by atoms with Crippen molar-refractivity contribution in [3.8, 4) is 0 Å². The maximum absolute atomic E-state index is 12.2. The molecule has 0 unspecified atom stereocenters. The van der Waals surface area contributed by atoms with Crippen LogP contribution in [0.15, 0.2) is 23.1 Å². The van der Waals surface area contributed by atoms with Crippen LogP contribution in [-0.4, -0.2) is 39.7 Å². The number of aryl methyl sites for hydroxylation is 1. The second-order valence-electron chi connectivity index (χ2n) is 4.22. The highest BCUT2D eigenvalue weighted by molar-refractivity contribution is 7.89. The monoisotopic (exact) mass is 271 g/mol. The summed E-state index contributed by atoms with van der Waals surface area (Å²) in [6, 6.07) is 4.85. The summed E-state index contributed by atoms with van der Waals surface area (Å²) in [5.74, 6) is 0. The standard InChI is InChI=1S/C11H17N3O3S/c1-9-2-3-10(12)8-11(9)18(15,16)13-14-4-6-17-7-5-14/h2-3,8,13H,4-7,12H2,1H3. The smallest absolute Gasteiger partial charge is 0.253 e. The Morgan fingerprint density at radius 2 is 2.00 bits per heavy atom. The van der Waals surface area contributed by atoms with Gasteiger partial charge in [-0.25, -0.2) is 13.4 Å². The van der Waals surface area contributed by atoms with Crippen molar-refractivity contribution in [3.05, 3.63) is 23.8 Å². The van der Waals surface area contributed by atoms with E-state index in [4.69, 9.17) is 10.5 Å². The van der Waals surface area contributed by atoms with Gasteiger partial charge in [-0.1, -0.05) is 6.07 Å². The highest BCUT2D eigenvalue weighted by Crippen LogP contribution is 2.18. The van der Waals surface area contributed by atoms with E-state index in [9.17, 15) is 8.42 Å². The zero-order valence-electron chi connectivity index (χ0n) is 10.2. The molecule has 1 aliphatic heterocycles. The predicted octanol–water partition coefficient (Wildman–Crippen LogP) is 0.103. The van der Waals surface area contributed by atoms with Crippen molar-refractivity contribution in [3.63, 3.8) is 0 Å². The minimum atomic E-state index is -3.57. The average Bonchev–Trinajstić information content (AvgIpc) is 2.33. The summed E-state index contributed by atoms with van der Waals surface area (Å²) in [6.07, 6.45) is 0. The summed E-state index contributed by atoms with van der Waals surface area (Å²) in [6.45, 7) is 3.88. The molecule has 0 radical (unpaired) electrons. The van der Waals surface area contributed by atoms with Crippen LogP contribution in [0, 0.1) is 6.92 Å². The SMILES string of the molecule is Cc1ccc(N)cc1S(=O)(=O)NN1CCOCC1. The number of benzene rings is 1. The third-order valence-electron chi connectivity index (χ3n) is 2.76. The van der Waals surface area contributed by atoms with Gasteiger partial charge in [0.2, 0.25) is 0 Å². The van der Waals surface area contributed by atoms with Gasteiger partial charge in [-0.3, -0.25) is 0 Å². The Morgan fingerprint density at radius 1 is 1.33 bits per heavy atom. The number of sulfonamides is 1. The molecular formula is C11H17N3O3S. The number of morpholine rings is 1. The lowest BCUT2D eigenvalue weighted by molar-refractivity contribution is 0.0272. The van der Waals surface area contributed by atoms with Gasteiger partial charge in [0.05, 0.1) is 18.1 Å². The molecule has 100 valence electrons. The summed E-state index contributed by atoms with van der Waals surface area (Å²) >= 11 is 0. The first-order valence-corrected chi connectivity index (χ1v) is 7.18. The number of hydrazine groups is 1. The molecular weight excluding hydrogens is 254 g/mol. The van der Waals surface area contributed by atoms with Crippen molar-refractivity contribution in [2.45, 2.75) is 11.8 Å². The van der Waals surface area contributed by atoms with Gasteiger partial charge in [0, 0.05) is 18.8 Å². The minimum Gasteiger partial charge on any atom is -0.399 e. The molecule has 6 nitrogen and oxygen atoms in total. The molecule has 1 aromatic rings. The minimum absolute atomic E-state index is 0.217. The highest BCUT2D eigenvalue weighted by atomic mass is 32.2. The maximum atomic E-state index is 12.2. The van der Waals surface area contributed by atoms with Crippen LogP contribution in [0.4, 0.5) is 5.69 Å². The van der Waals surface area contributed by atoms with Gasteiger partial charge >= 0.3 is 0 Å². The van der Waals surface area contributed by atoms with E-state index < -0.39 is 10.0 Å². The summed E-state index contributed by atoms with van der Waals surface area (Å²) in [5, 5.41) is 1.64. The van der Waals surface area contributed by atoms with Gasteiger partial charge in [0.25, 0.3) is 10.0 Å². The second-order valence-corrected chi connectivity index (χ2v) is 5.85. The van der Waals surface area contributed by atoms with Crippen LogP contribution in [0.3, 0.4) is 0 Å². The number of ether oxygens (including phenoxy) is 1. The number of hydrogen-bond donors (Lipinski definition) is 2. The first-order chi connectivity index (χ1) is 8.49. The Labute approximate surface area is 107 Å². The van der Waals surface area contributed by atoms with Gasteiger partial charge in [0.15, 0.2) is 0 Å². The first-order valence-electron chi connectivity index (χ1n) is 5.70. The van der Waals surface area contributed by atoms with Crippen molar-refractivity contribution in [2.24, 2.45) is 0 Å². The van der Waals surface area contributed by atoms with Crippen LogP contribution in [0.25, 0.3) is 0 Å². The van der Waals surface area contributed by atoms with Crippen LogP contribution in [0.1, 0.15) is 5.56 Å². The third-order valence-corrected chi connectivity index (χ3v) is 4.28. The van der Waals surface area contributed by atoms with Crippen LogP contribution in [0.2, 0.25) is 0 Å². The molecule has 7 heteroatoms. The lowest BCUT2D eigenvalue weighted by Crippen LogP contribution is -2.48. The van der Waals surface area contributed by atoms with Gasteiger partial charge in [0.1, 0.15) is 0 Å². The molecule has 1 aliphatic rings. The van der Waals surface area contributed by atoms with Crippen LogP contribution < -0.4 is 10.6 Å². The number of nitrogen functional groups attached to an aromatic ring is 1. The van der Waals surface area contributed by atoms with Crippen LogP contribution >= 0.6 is 0 Å². The van der Waals surface area contributed by atoms with Crippen LogP contribution in [0.5, 0.6) is 0 Å². The zero-order valence-corrected chi connectivity index (χ0v) is 11.0. The second kappa shape index (κ2) is 5.23. The normalized spacial score (nSPS) is 17.8. The summed E-state index contributed by atoms with van der Waals surface area (Å²) in [7, 11) is -3.57. The fourth-order valence-electron chi connectivity index (χ4n) is 1.78. The maximum Gasteiger partial charge on any atom is 0.253 e. The summed E-state index contributed by atoms with van der Waals surface area (Å²) < 4.78 is 29.6. The van der Waals surface area contributed by atoms with Crippen molar-refractivity contribution in [1.29, 1.82) is 0 Å². The number of nitrogens with one attached hydrogen (secondary N) is 1. The van der Waals surface area contributed by atoms with Crippen molar-refractivity contribution in [1.82, 2.24) is 9.84 Å². The first kappa shape index (κ1) is 13.3. The van der Waals surface area contributed by atoms with Crippen molar-refractivity contribution in [2.75, 3.05) is 32.0 Å². The fourth-order valence-corrected chi connectivity index (χ4v) is 3.18. The molecule has 18 heavy (non-hydrogen) atoms. The van der Waals surface area contributed by atoms with Gasteiger partial charge in [-0.05, 0) is 24.6 Å². The summed E-state index contributed by atoms with van der Waals surface area (Å²) in [4.78, 5) is 2.77. The predicted molar refractivity (Wildman–Crippen MR) is 68.3 cm³/mol. The average molecular weight is 271 g/mol. The Bertz CT molecular complexity index is 524. The summed E-state index contributed by atoms with van der Waals surface area (Å²) in [5.41, 5.74) is 6.74. The number of rotatable bonds is 3. The van der Waals surface area contributed by atoms with E-state index in [1.807, 2.05) is 0 Å². The number of anilines is 1. The van der Waals surface area contributed by atoms with Gasteiger partial charge in [-0.15, -0.1) is 4.83 Å². The molecule has 1 saturated heterocycles. The van der Waals surface area contributed by atoms with E-state index >= 15 is 0 Å². The van der Waals surface area contributed by atoms with Gasteiger partial charge < -0.3 is 10.5 Å². The van der Waals surface area contributed by atoms with Gasteiger partial charge in [-0.2, -0.15) is 0 Å². The van der Waals surface area contributed by atoms with Crippen LogP contribution in [-0.2, 0) is 14.8 Å². The molecule has 1 heterocycles. The Morgan fingerprint density at radius 3 is 2.67 bits per heavy atom. The molecule has 0 bridgehead atoms. The molecule has 0 spiro atoms. The lowest BCUT2D eigenvalue weighted by atomic mass is 10.2. The Balaban J connectivity index is 2.21. The molecule has 0 amide bonds. The third kappa shape index (κ3) is 2.99. The zero-order chi connectivity index (χ0) is 13.2. The van der Waals surface area contributed by atoms with E-state index in [-0.39, 0.29) is 4.90 Å². The van der Waals surface area contributed by atoms with E-state index in [0.29, 0.717) is 37.6 Å². The number of nitrogens with two attached hydrogens (primary N) is 1.